The highest BCUT2D eigenvalue weighted by Gasteiger charge is 2.13. The van der Waals surface area contributed by atoms with Crippen LogP contribution in [0, 0.1) is 0 Å². The predicted molar refractivity (Wildman–Crippen MR) is 114 cm³/mol. The number of benzene rings is 2. The Hall–Kier alpha value is -2.75. The van der Waals surface area contributed by atoms with Gasteiger partial charge in [0.05, 0.1) is 22.0 Å². The third-order valence-corrected chi connectivity index (χ3v) is 5.76. The molecule has 0 aliphatic carbocycles. The molecule has 8 nitrogen and oxygen atoms in total. The summed E-state index contributed by atoms with van der Waals surface area (Å²) in [6.07, 6.45) is 3.29. The number of H-pyrrole nitrogens is 1. The van der Waals surface area contributed by atoms with Gasteiger partial charge in [0.2, 0.25) is 10.0 Å². The van der Waals surface area contributed by atoms with Crippen LogP contribution in [-0.2, 0) is 22.3 Å². The quantitative estimate of drug-likeness (QED) is 0.432. The second-order valence-corrected chi connectivity index (χ2v) is 8.64. The number of urea groups is 1. The van der Waals surface area contributed by atoms with Crippen LogP contribution in [0.5, 0.6) is 0 Å². The molecule has 0 unspecified atom stereocenters. The molecule has 152 valence electrons. The van der Waals surface area contributed by atoms with Crippen LogP contribution in [0.15, 0.2) is 54.9 Å². The first kappa shape index (κ1) is 21.0. The van der Waals surface area contributed by atoms with E-state index < -0.39 is 10.0 Å². The Labute approximate surface area is 177 Å². The maximum atomic E-state index is 12.4. The van der Waals surface area contributed by atoms with Crippen LogP contribution in [0.3, 0.4) is 0 Å². The van der Waals surface area contributed by atoms with Gasteiger partial charge in [-0.3, -0.25) is 9.82 Å². The number of halogens is 2. The number of anilines is 2. The lowest BCUT2D eigenvalue weighted by Gasteiger charge is -2.10. The standard InChI is InChI=1S/C18H17Cl2N5O3S/c19-16-6-1-12(7-17(16)20)11-29(27,28)25-15-4-2-14(3-5-15)24-18(26)21-8-13-9-22-23-10-13/h1-7,9-10,25H,8,11H2,(H,22,23)(H2,21,24,26). The van der Waals surface area contributed by atoms with Crippen molar-refractivity contribution < 1.29 is 13.2 Å². The highest BCUT2D eigenvalue weighted by atomic mass is 35.5. The molecular weight excluding hydrogens is 437 g/mol. The predicted octanol–water partition coefficient (Wildman–Crippen LogP) is 3.98. The van der Waals surface area contributed by atoms with E-state index in [1.165, 1.54) is 6.07 Å². The molecular formula is C18H17Cl2N5O3S. The number of amides is 2. The average molecular weight is 454 g/mol. The molecule has 3 aromatic rings. The summed E-state index contributed by atoms with van der Waals surface area (Å²) in [6, 6.07) is 10.6. The first-order valence-corrected chi connectivity index (χ1v) is 10.8. The number of sulfonamides is 1. The van der Waals surface area contributed by atoms with E-state index in [2.05, 4.69) is 25.6 Å². The van der Waals surface area contributed by atoms with E-state index in [1.807, 2.05) is 0 Å². The van der Waals surface area contributed by atoms with Crippen molar-refractivity contribution in [1.29, 1.82) is 0 Å². The van der Waals surface area contributed by atoms with Crippen LogP contribution < -0.4 is 15.4 Å². The zero-order chi connectivity index (χ0) is 20.9. The Morgan fingerprint density at radius 3 is 2.38 bits per heavy atom. The summed E-state index contributed by atoms with van der Waals surface area (Å²) in [5, 5.41) is 12.4. The summed E-state index contributed by atoms with van der Waals surface area (Å²) in [4.78, 5) is 11.9. The van der Waals surface area contributed by atoms with Gasteiger partial charge in [-0.05, 0) is 42.0 Å². The molecule has 1 aromatic heterocycles. The van der Waals surface area contributed by atoms with Crippen molar-refractivity contribution in [2.75, 3.05) is 10.0 Å². The fraction of sp³-hybridized carbons (Fsp3) is 0.111. The molecule has 0 aliphatic heterocycles. The number of carbonyl (C=O) groups is 1. The first-order chi connectivity index (χ1) is 13.8. The highest BCUT2D eigenvalue weighted by molar-refractivity contribution is 7.91. The maximum Gasteiger partial charge on any atom is 0.319 e. The molecule has 11 heteroatoms. The monoisotopic (exact) mass is 453 g/mol. The number of carbonyl (C=O) groups excluding carboxylic acids is 1. The van der Waals surface area contributed by atoms with Gasteiger partial charge >= 0.3 is 6.03 Å². The molecule has 29 heavy (non-hydrogen) atoms. The minimum absolute atomic E-state index is 0.250. The summed E-state index contributed by atoms with van der Waals surface area (Å²) in [7, 11) is -3.65. The fourth-order valence-corrected chi connectivity index (χ4v) is 3.92. The van der Waals surface area contributed by atoms with Crippen LogP contribution in [0.4, 0.5) is 16.2 Å². The SMILES string of the molecule is O=C(NCc1cn[nH]c1)Nc1ccc(NS(=O)(=O)Cc2ccc(Cl)c(Cl)c2)cc1. The summed E-state index contributed by atoms with van der Waals surface area (Å²) < 4.78 is 27.2. The van der Waals surface area contributed by atoms with Gasteiger partial charge in [0.25, 0.3) is 0 Å². The Bertz CT molecular complexity index is 1090. The van der Waals surface area contributed by atoms with Crippen LogP contribution in [0.25, 0.3) is 0 Å². The molecule has 1 heterocycles. The van der Waals surface area contributed by atoms with Crippen molar-refractivity contribution in [1.82, 2.24) is 15.5 Å². The zero-order valence-electron chi connectivity index (χ0n) is 14.9. The summed E-state index contributed by atoms with van der Waals surface area (Å²) >= 11 is 11.8. The Morgan fingerprint density at radius 1 is 1.00 bits per heavy atom. The van der Waals surface area contributed by atoms with Crippen LogP contribution >= 0.6 is 23.2 Å². The van der Waals surface area contributed by atoms with Gasteiger partial charge in [-0.1, -0.05) is 29.3 Å². The van der Waals surface area contributed by atoms with Gasteiger partial charge < -0.3 is 10.6 Å². The lowest BCUT2D eigenvalue weighted by Crippen LogP contribution is -2.28. The minimum Gasteiger partial charge on any atom is -0.334 e. The molecule has 2 amide bonds. The van der Waals surface area contributed by atoms with Gasteiger partial charge in [0.15, 0.2) is 0 Å². The minimum atomic E-state index is -3.65. The Balaban J connectivity index is 1.54. The fourth-order valence-electron chi connectivity index (χ4n) is 2.42. The average Bonchev–Trinajstić information content (AvgIpc) is 3.18. The van der Waals surface area contributed by atoms with E-state index in [-0.39, 0.29) is 11.8 Å². The van der Waals surface area contributed by atoms with Crippen LogP contribution in [0.2, 0.25) is 10.0 Å². The van der Waals surface area contributed by atoms with Crippen molar-refractivity contribution in [3.8, 4) is 0 Å². The number of nitrogens with zero attached hydrogens (tertiary/aromatic N) is 1. The van der Waals surface area contributed by atoms with Gasteiger partial charge in [-0.15, -0.1) is 0 Å². The molecule has 4 N–H and O–H groups in total. The lowest BCUT2D eigenvalue weighted by molar-refractivity contribution is 0.251. The van der Waals surface area contributed by atoms with Gasteiger partial charge in [-0.25, -0.2) is 13.2 Å². The second-order valence-electron chi connectivity index (χ2n) is 6.10. The second kappa shape index (κ2) is 9.17. The lowest BCUT2D eigenvalue weighted by atomic mass is 10.2. The molecule has 0 radical (unpaired) electrons. The summed E-state index contributed by atoms with van der Waals surface area (Å²) in [6.45, 7) is 0.328. The molecule has 3 rings (SSSR count). The first-order valence-electron chi connectivity index (χ1n) is 8.38. The number of rotatable bonds is 7. The molecule has 0 bridgehead atoms. The Morgan fingerprint density at radius 2 is 1.72 bits per heavy atom. The molecule has 2 aromatic carbocycles. The van der Waals surface area contributed by atoms with Gasteiger partial charge in [0, 0.05) is 29.7 Å². The maximum absolute atomic E-state index is 12.4. The molecule has 0 spiro atoms. The molecule has 0 aliphatic rings. The molecule has 0 saturated carbocycles. The highest BCUT2D eigenvalue weighted by Crippen LogP contribution is 2.24. The summed E-state index contributed by atoms with van der Waals surface area (Å²) in [5.74, 6) is -0.250. The molecule has 0 atom stereocenters. The van der Waals surface area contributed by atoms with Crippen molar-refractivity contribution in [2.24, 2.45) is 0 Å². The number of nitrogens with one attached hydrogen (secondary N) is 4. The normalized spacial score (nSPS) is 11.1. The van der Waals surface area contributed by atoms with Crippen molar-refractivity contribution in [2.45, 2.75) is 12.3 Å². The van der Waals surface area contributed by atoms with E-state index in [1.54, 1.807) is 48.8 Å². The van der Waals surface area contributed by atoms with E-state index in [9.17, 15) is 13.2 Å². The Kier molecular flexibility index (Phi) is 6.63. The number of hydrogen-bond donors (Lipinski definition) is 4. The van der Waals surface area contributed by atoms with Crippen molar-refractivity contribution in [3.63, 3.8) is 0 Å². The van der Waals surface area contributed by atoms with Crippen LogP contribution in [-0.4, -0.2) is 24.6 Å². The van der Waals surface area contributed by atoms with Crippen molar-refractivity contribution >= 4 is 50.6 Å². The van der Waals surface area contributed by atoms with E-state index >= 15 is 0 Å². The number of aromatic nitrogens is 2. The largest absolute Gasteiger partial charge is 0.334 e. The van der Waals surface area contributed by atoms with E-state index in [4.69, 9.17) is 23.2 Å². The van der Waals surface area contributed by atoms with E-state index in [0.29, 0.717) is 33.5 Å². The summed E-state index contributed by atoms with van der Waals surface area (Å²) in [5.41, 5.74) is 2.24. The third kappa shape index (κ3) is 6.38. The molecule has 0 fully saturated rings. The van der Waals surface area contributed by atoms with Gasteiger partial charge in [0.1, 0.15) is 0 Å². The number of hydrogen-bond acceptors (Lipinski definition) is 4. The topological polar surface area (TPSA) is 116 Å². The van der Waals surface area contributed by atoms with Crippen molar-refractivity contribution in [3.05, 3.63) is 76.0 Å². The smallest absolute Gasteiger partial charge is 0.319 e. The molecule has 0 saturated heterocycles. The van der Waals surface area contributed by atoms with Crippen LogP contribution in [0.1, 0.15) is 11.1 Å². The third-order valence-electron chi connectivity index (χ3n) is 3.76. The van der Waals surface area contributed by atoms with Gasteiger partial charge in [-0.2, -0.15) is 5.10 Å². The van der Waals surface area contributed by atoms with E-state index in [0.717, 1.165) is 5.56 Å². The number of aromatic amines is 1. The zero-order valence-corrected chi connectivity index (χ0v) is 17.3.